The van der Waals surface area contributed by atoms with E-state index < -0.39 is 11.6 Å². The quantitative estimate of drug-likeness (QED) is 0.581. The fourth-order valence-corrected chi connectivity index (χ4v) is 1.58. The molecule has 14 heavy (non-hydrogen) atoms. The van der Waals surface area contributed by atoms with Gasteiger partial charge in [0.25, 0.3) is 0 Å². The summed E-state index contributed by atoms with van der Waals surface area (Å²) in [5.74, 6) is -0.443. The van der Waals surface area contributed by atoms with Crippen LogP contribution < -0.4 is 0 Å². The molecule has 0 saturated heterocycles. The molecule has 0 radical (unpaired) electrons. The molecule has 0 heterocycles. The summed E-state index contributed by atoms with van der Waals surface area (Å²) in [6.45, 7) is 4.15. The van der Waals surface area contributed by atoms with Crippen molar-refractivity contribution < 1.29 is 8.78 Å². The molecule has 0 fully saturated rings. The SMILES string of the molecule is CC[C@H](C)Cc1cc(F)c(I)c(F)c1. The van der Waals surface area contributed by atoms with Gasteiger partial charge in [-0.1, -0.05) is 20.3 Å². The molecule has 0 saturated carbocycles. The maximum Gasteiger partial charge on any atom is 0.139 e. The van der Waals surface area contributed by atoms with Crippen LogP contribution in [0.15, 0.2) is 12.1 Å². The topological polar surface area (TPSA) is 0 Å². The second-order valence-corrected chi connectivity index (χ2v) is 4.67. The lowest BCUT2D eigenvalue weighted by atomic mass is 9.99. The van der Waals surface area contributed by atoms with Crippen molar-refractivity contribution in [1.29, 1.82) is 0 Å². The first kappa shape index (κ1) is 11.9. The highest BCUT2D eigenvalue weighted by molar-refractivity contribution is 14.1. The second-order valence-electron chi connectivity index (χ2n) is 3.59. The van der Waals surface area contributed by atoms with Gasteiger partial charge < -0.3 is 0 Å². The van der Waals surface area contributed by atoms with Crippen LogP contribution in [-0.4, -0.2) is 0 Å². The lowest BCUT2D eigenvalue weighted by Gasteiger charge is -2.09. The number of rotatable bonds is 3. The van der Waals surface area contributed by atoms with Crippen molar-refractivity contribution in [3.05, 3.63) is 32.9 Å². The van der Waals surface area contributed by atoms with Gasteiger partial charge in [-0.3, -0.25) is 0 Å². The molecular weight excluding hydrogens is 297 g/mol. The minimum atomic E-state index is -0.455. The standard InChI is InChI=1S/C11H13F2I/c1-3-7(2)4-8-5-9(12)11(14)10(13)6-8/h5-7H,3-4H2,1-2H3/t7-/m0/s1. The summed E-state index contributed by atoms with van der Waals surface area (Å²) < 4.78 is 26.4. The Morgan fingerprint density at radius 1 is 1.29 bits per heavy atom. The van der Waals surface area contributed by atoms with Crippen molar-refractivity contribution in [1.82, 2.24) is 0 Å². The van der Waals surface area contributed by atoms with Crippen LogP contribution in [0, 0.1) is 21.1 Å². The Labute approximate surface area is 96.8 Å². The fourth-order valence-electron chi connectivity index (χ4n) is 1.27. The number of hydrogen-bond acceptors (Lipinski definition) is 0. The van der Waals surface area contributed by atoms with Crippen molar-refractivity contribution in [3.8, 4) is 0 Å². The molecule has 1 aromatic carbocycles. The maximum atomic E-state index is 13.1. The molecule has 1 atom stereocenters. The van der Waals surface area contributed by atoms with Crippen molar-refractivity contribution in [2.75, 3.05) is 0 Å². The van der Waals surface area contributed by atoms with Gasteiger partial charge in [0.05, 0.1) is 3.57 Å². The normalized spacial score (nSPS) is 12.9. The summed E-state index contributed by atoms with van der Waals surface area (Å²) in [4.78, 5) is 0. The van der Waals surface area contributed by atoms with Gasteiger partial charge in [-0.05, 0) is 52.6 Å². The number of halogens is 3. The number of hydrogen-bond donors (Lipinski definition) is 0. The zero-order valence-corrected chi connectivity index (χ0v) is 10.4. The Bertz CT molecular complexity index is 300. The third-order valence-corrected chi connectivity index (χ3v) is 3.36. The molecule has 78 valence electrons. The summed E-state index contributed by atoms with van der Waals surface area (Å²) in [6.07, 6.45) is 1.76. The Balaban J connectivity index is 2.89. The molecule has 0 amide bonds. The second kappa shape index (κ2) is 5.05. The van der Waals surface area contributed by atoms with Gasteiger partial charge in [0.15, 0.2) is 0 Å². The monoisotopic (exact) mass is 310 g/mol. The predicted octanol–water partition coefficient (Wildman–Crippen LogP) is 4.16. The van der Waals surface area contributed by atoms with Crippen LogP contribution in [0.25, 0.3) is 0 Å². The third kappa shape index (κ3) is 2.90. The zero-order valence-electron chi connectivity index (χ0n) is 8.28. The summed E-state index contributed by atoms with van der Waals surface area (Å²) in [5.41, 5.74) is 0.745. The third-order valence-electron chi connectivity index (χ3n) is 2.32. The minimum absolute atomic E-state index is 0.0792. The molecule has 0 aliphatic heterocycles. The molecule has 0 aromatic heterocycles. The van der Waals surface area contributed by atoms with E-state index in [2.05, 4.69) is 13.8 Å². The van der Waals surface area contributed by atoms with E-state index in [-0.39, 0.29) is 3.57 Å². The molecule has 3 heteroatoms. The first-order valence-electron chi connectivity index (χ1n) is 4.68. The van der Waals surface area contributed by atoms with E-state index in [0.717, 1.165) is 18.4 Å². The average molecular weight is 310 g/mol. The Morgan fingerprint density at radius 3 is 2.21 bits per heavy atom. The Hall–Kier alpha value is -0.190. The summed E-state index contributed by atoms with van der Waals surface area (Å²) >= 11 is 1.68. The van der Waals surface area contributed by atoms with E-state index in [9.17, 15) is 8.78 Å². The Kier molecular flexibility index (Phi) is 4.29. The van der Waals surface area contributed by atoms with Gasteiger partial charge in [-0.15, -0.1) is 0 Å². The van der Waals surface area contributed by atoms with Gasteiger partial charge in [0, 0.05) is 0 Å². The van der Waals surface area contributed by atoms with Gasteiger partial charge in [-0.25, -0.2) is 8.78 Å². The highest BCUT2D eigenvalue weighted by Crippen LogP contribution is 2.20. The van der Waals surface area contributed by atoms with Crippen LogP contribution in [0.3, 0.4) is 0 Å². The molecule has 0 spiro atoms. The summed E-state index contributed by atoms with van der Waals surface area (Å²) in [5, 5.41) is 0. The van der Waals surface area contributed by atoms with E-state index in [1.807, 2.05) is 0 Å². The van der Waals surface area contributed by atoms with Gasteiger partial charge in [0.1, 0.15) is 11.6 Å². The van der Waals surface area contributed by atoms with Crippen molar-refractivity contribution in [2.24, 2.45) is 5.92 Å². The van der Waals surface area contributed by atoms with Gasteiger partial charge in [-0.2, -0.15) is 0 Å². The molecule has 0 aliphatic rings. The molecule has 0 nitrogen and oxygen atoms in total. The minimum Gasteiger partial charge on any atom is -0.206 e. The van der Waals surface area contributed by atoms with E-state index in [4.69, 9.17) is 0 Å². The van der Waals surface area contributed by atoms with Gasteiger partial charge in [0.2, 0.25) is 0 Å². The van der Waals surface area contributed by atoms with Crippen LogP contribution in [0.5, 0.6) is 0 Å². The van der Waals surface area contributed by atoms with Gasteiger partial charge >= 0.3 is 0 Å². The van der Waals surface area contributed by atoms with Crippen LogP contribution >= 0.6 is 22.6 Å². The lowest BCUT2D eigenvalue weighted by molar-refractivity contribution is 0.539. The molecule has 0 aliphatic carbocycles. The molecule has 1 rings (SSSR count). The van der Waals surface area contributed by atoms with Crippen LogP contribution in [-0.2, 0) is 6.42 Å². The van der Waals surface area contributed by atoms with Crippen LogP contribution in [0.2, 0.25) is 0 Å². The number of benzene rings is 1. The first-order chi connectivity index (χ1) is 6.54. The van der Waals surface area contributed by atoms with Crippen LogP contribution in [0.4, 0.5) is 8.78 Å². The fraction of sp³-hybridized carbons (Fsp3) is 0.455. The molecule has 0 bridgehead atoms. The van der Waals surface area contributed by atoms with E-state index in [1.165, 1.54) is 12.1 Å². The highest BCUT2D eigenvalue weighted by Gasteiger charge is 2.09. The predicted molar refractivity (Wildman–Crippen MR) is 62.2 cm³/mol. The molecule has 0 N–H and O–H groups in total. The largest absolute Gasteiger partial charge is 0.206 e. The average Bonchev–Trinajstić information content (AvgIpc) is 2.14. The molecule has 0 unspecified atom stereocenters. The summed E-state index contributed by atoms with van der Waals surface area (Å²) in [6, 6.07) is 2.86. The van der Waals surface area contributed by atoms with Crippen molar-refractivity contribution in [3.63, 3.8) is 0 Å². The zero-order chi connectivity index (χ0) is 10.7. The van der Waals surface area contributed by atoms with Crippen molar-refractivity contribution >= 4 is 22.6 Å². The van der Waals surface area contributed by atoms with E-state index in [1.54, 1.807) is 22.6 Å². The molecule has 1 aromatic rings. The van der Waals surface area contributed by atoms with E-state index in [0.29, 0.717) is 5.92 Å². The smallest absolute Gasteiger partial charge is 0.139 e. The van der Waals surface area contributed by atoms with Crippen molar-refractivity contribution in [2.45, 2.75) is 26.7 Å². The maximum absolute atomic E-state index is 13.1. The van der Waals surface area contributed by atoms with Crippen LogP contribution in [0.1, 0.15) is 25.8 Å². The Morgan fingerprint density at radius 2 is 1.79 bits per heavy atom. The first-order valence-corrected chi connectivity index (χ1v) is 5.75. The van der Waals surface area contributed by atoms with E-state index >= 15 is 0 Å². The molecular formula is C11H13F2I. The highest BCUT2D eigenvalue weighted by atomic mass is 127. The summed E-state index contributed by atoms with van der Waals surface area (Å²) in [7, 11) is 0. The lowest BCUT2D eigenvalue weighted by Crippen LogP contribution is -2.00.